The van der Waals surface area contributed by atoms with Crippen LogP contribution in [0.2, 0.25) is 0 Å². The lowest BCUT2D eigenvalue weighted by atomic mass is 10.2. The SMILES string of the molecule is COc1ccc(S(=O)(=O)N2CCCCCC2)cc1NC(=O)CNC(=O)c1ccc2c(c1)OCO2. The van der Waals surface area contributed by atoms with Crippen LogP contribution in [0.5, 0.6) is 17.2 Å². The summed E-state index contributed by atoms with van der Waals surface area (Å²) in [5, 5.41) is 5.17. The Morgan fingerprint density at radius 3 is 2.47 bits per heavy atom. The van der Waals surface area contributed by atoms with Crippen LogP contribution in [-0.4, -0.2) is 58.1 Å². The van der Waals surface area contributed by atoms with Crippen molar-refractivity contribution >= 4 is 27.5 Å². The molecule has 2 N–H and O–H groups in total. The molecule has 1 saturated heterocycles. The fourth-order valence-corrected chi connectivity index (χ4v) is 5.41. The van der Waals surface area contributed by atoms with Crippen LogP contribution < -0.4 is 24.8 Å². The number of nitrogens with zero attached hydrogens (tertiary/aromatic N) is 1. The first-order valence-electron chi connectivity index (χ1n) is 11.0. The maximum Gasteiger partial charge on any atom is 0.251 e. The number of rotatable bonds is 7. The maximum absolute atomic E-state index is 13.1. The number of ether oxygens (including phenoxy) is 3. The summed E-state index contributed by atoms with van der Waals surface area (Å²) in [5.74, 6) is 0.334. The topological polar surface area (TPSA) is 123 Å². The molecule has 0 aliphatic carbocycles. The van der Waals surface area contributed by atoms with Crippen LogP contribution in [0, 0.1) is 0 Å². The second-order valence-electron chi connectivity index (χ2n) is 7.98. The molecular weight excluding hydrogens is 462 g/mol. The molecule has 2 aliphatic rings. The largest absolute Gasteiger partial charge is 0.495 e. The Morgan fingerprint density at radius 1 is 1.00 bits per heavy atom. The van der Waals surface area contributed by atoms with Crippen LogP contribution in [0.25, 0.3) is 0 Å². The van der Waals surface area contributed by atoms with Crippen molar-refractivity contribution in [3.8, 4) is 17.2 Å². The first kappa shape index (κ1) is 23.8. The van der Waals surface area contributed by atoms with Crippen LogP contribution in [0.15, 0.2) is 41.3 Å². The van der Waals surface area contributed by atoms with E-state index < -0.39 is 21.8 Å². The Kier molecular flexibility index (Phi) is 7.23. The number of methoxy groups -OCH3 is 1. The molecule has 0 unspecified atom stereocenters. The summed E-state index contributed by atoms with van der Waals surface area (Å²) < 4.78 is 43.5. The molecule has 4 rings (SSSR count). The minimum atomic E-state index is -3.70. The van der Waals surface area contributed by atoms with Gasteiger partial charge in [-0.05, 0) is 49.2 Å². The van der Waals surface area contributed by atoms with E-state index in [4.69, 9.17) is 14.2 Å². The van der Waals surface area contributed by atoms with Crippen molar-refractivity contribution in [2.24, 2.45) is 0 Å². The number of hydrogen-bond donors (Lipinski definition) is 2. The molecule has 1 fully saturated rings. The summed E-state index contributed by atoms with van der Waals surface area (Å²) in [6.07, 6.45) is 3.66. The first-order valence-corrected chi connectivity index (χ1v) is 12.5. The molecule has 2 aromatic rings. The Bertz CT molecular complexity index is 1180. The van der Waals surface area contributed by atoms with Crippen LogP contribution in [0.3, 0.4) is 0 Å². The van der Waals surface area contributed by atoms with Crippen molar-refractivity contribution in [3.05, 3.63) is 42.0 Å². The molecule has 2 amide bonds. The van der Waals surface area contributed by atoms with Crippen LogP contribution in [0.4, 0.5) is 5.69 Å². The second-order valence-corrected chi connectivity index (χ2v) is 9.92. The van der Waals surface area contributed by atoms with E-state index in [2.05, 4.69) is 10.6 Å². The van der Waals surface area contributed by atoms with Gasteiger partial charge in [0, 0.05) is 18.7 Å². The van der Waals surface area contributed by atoms with E-state index >= 15 is 0 Å². The average molecular weight is 490 g/mol. The zero-order valence-corrected chi connectivity index (χ0v) is 19.7. The van der Waals surface area contributed by atoms with Crippen molar-refractivity contribution in [1.82, 2.24) is 9.62 Å². The molecule has 0 bridgehead atoms. The van der Waals surface area contributed by atoms with Crippen LogP contribution in [-0.2, 0) is 14.8 Å². The monoisotopic (exact) mass is 489 g/mol. The van der Waals surface area contributed by atoms with Crippen molar-refractivity contribution in [3.63, 3.8) is 0 Å². The molecule has 0 aromatic heterocycles. The number of benzene rings is 2. The van der Waals surface area contributed by atoms with Crippen molar-refractivity contribution in [2.75, 3.05) is 38.9 Å². The second kappa shape index (κ2) is 10.3. The number of carbonyl (C=O) groups excluding carboxylic acids is 2. The fourth-order valence-electron chi connectivity index (χ4n) is 3.87. The number of carbonyl (C=O) groups is 2. The average Bonchev–Trinajstić information content (AvgIpc) is 3.13. The maximum atomic E-state index is 13.1. The number of amides is 2. The Morgan fingerprint density at radius 2 is 1.74 bits per heavy atom. The number of fused-ring (bicyclic) bond motifs is 1. The normalized spacial score (nSPS) is 15.9. The molecule has 10 nitrogen and oxygen atoms in total. The molecule has 11 heteroatoms. The lowest BCUT2D eigenvalue weighted by Crippen LogP contribution is -2.33. The Balaban J connectivity index is 1.43. The minimum absolute atomic E-state index is 0.0786. The van der Waals surface area contributed by atoms with Crippen molar-refractivity contribution in [1.29, 1.82) is 0 Å². The molecule has 0 saturated carbocycles. The van der Waals surface area contributed by atoms with Gasteiger partial charge in [0.1, 0.15) is 5.75 Å². The first-order chi connectivity index (χ1) is 16.4. The van der Waals surface area contributed by atoms with Gasteiger partial charge in [0.2, 0.25) is 22.7 Å². The number of sulfonamides is 1. The van der Waals surface area contributed by atoms with E-state index in [1.54, 1.807) is 12.1 Å². The summed E-state index contributed by atoms with van der Waals surface area (Å²) in [7, 11) is -2.27. The van der Waals surface area contributed by atoms with Crippen LogP contribution in [0.1, 0.15) is 36.0 Å². The highest BCUT2D eigenvalue weighted by Crippen LogP contribution is 2.32. The molecular formula is C23H27N3O7S. The predicted molar refractivity (Wildman–Crippen MR) is 124 cm³/mol. The van der Waals surface area contributed by atoms with Gasteiger partial charge >= 0.3 is 0 Å². The highest BCUT2D eigenvalue weighted by Gasteiger charge is 2.26. The summed E-state index contributed by atoms with van der Waals surface area (Å²) in [4.78, 5) is 25.0. The number of nitrogens with one attached hydrogen (secondary N) is 2. The zero-order valence-electron chi connectivity index (χ0n) is 18.8. The van der Waals surface area contributed by atoms with Crippen LogP contribution >= 0.6 is 0 Å². The van der Waals surface area contributed by atoms with Gasteiger partial charge in [0.15, 0.2) is 11.5 Å². The Hall–Kier alpha value is -3.31. The molecule has 2 aliphatic heterocycles. The standard InChI is InChI=1S/C23H27N3O7S/c1-31-19-9-7-17(34(29,30)26-10-4-2-3-5-11-26)13-18(19)25-22(27)14-24-23(28)16-6-8-20-21(12-16)33-15-32-20/h6-9,12-13H,2-5,10-11,14-15H2,1H3,(H,24,28)(H,25,27). The fraction of sp³-hybridized carbons (Fsp3) is 0.391. The third-order valence-electron chi connectivity index (χ3n) is 5.69. The number of hydrogen-bond acceptors (Lipinski definition) is 7. The van der Waals surface area contributed by atoms with E-state index in [-0.39, 0.29) is 23.9 Å². The highest BCUT2D eigenvalue weighted by atomic mass is 32.2. The molecule has 2 aromatic carbocycles. The molecule has 0 radical (unpaired) electrons. The summed E-state index contributed by atoms with van der Waals surface area (Å²) >= 11 is 0. The smallest absolute Gasteiger partial charge is 0.251 e. The summed E-state index contributed by atoms with van der Waals surface area (Å²) in [5.41, 5.74) is 0.529. The van der Waals surface area contributed by atoms with Crippen molar-refractivity contribution in [2.45, 2.75) is 30.6 Å². The molecule has 0 spiro atoms. The van der Waals surface area contributed by atoms with Gasteiger partial charge in [-0.25, -0.2) is 8.42 Å². The van der Waals surface area contributed by atoms with E-state index in [0.717, 1.165) is 25.7 Å². The van der Waals surface area contributed by atoms with Gasteiger partial charge in [-0.15, -0.1) is 0 Å². The van der Waals surface area contributed by atoms with Gasteiger partial charge in [-0.1, -0.05) is 12.8 Å². The van der Waals surface area contributed by atoms with Crippen molar-refractivity contribution < 1.29 is 32.2 Å². The van der Waals surface area contributed by atoms with E-state index in [1.165, 1.54) is 35.7 Å². The molecule has 34 heavy (non-hydrogen) atoms. The molecule has 0 atom stereocenters. The van der Waals surface area contributed by atoms with Gasteiger partial charge in [0.25, 0.3) is 5.91 Å². The Labute approximate surface area is 198 Å². The summed E-state index contributed by atoms with van der Waals surface area (Å²) in [6, 6.07) is 9.09. The van der Waals surface area contributed by atoms with Gasteiger partial charge in [0.05, 0.1) is 24.2 Å². The number of anilines is 1. The van der Waals surface area contributed by atoms with Gasteiger partial charge < -0.3 is 24.8 Å². The van der Waals surface area contributed by atoms with Gasteiger partial charge in [-0.3, -0.25) is 9.59 Å². The molecule has 2 heterocycles. The summed E-state index contributed by atoms with van der Waals surface area (Å²) in [6.45, 7) is 0.723. The molecule has 182 valence electrons. The third-order valence-corrected chi connectivity index (χ3v) is 7.59. The van der Waals surface area contributed by atoms with E-state index in [9.17, 15) is 18.0 Å². The predicted octanol–water partition coefficient (Wildman–Crippen LogP) is 2.36. The zero-order chi connectivity index (χ0) is 24.1. The highest BCUT2D eigenvalue weighted by molar-refractivity contribution is 7.89. The quantitative estimate of drug-likeness (QED) is 0.612. The van der Waals surface area contributed by atoms with E-state index in [1.807, 2.05) is 0 Å². The third kappa shape index (κ3) is 5.26. The lowest BCUT2D eigenvalue weighted by molar-refractivity contribution is -0.115. The lowest BCUT2D eigenvalue weighted by Gasteiger charge is -2.21. The van der Waals surface area contributed by atoms with E-state index in [0.29, 0.717) is 35.9 Å². The van der Waals surface area contributed by atoms with Gasteiger partial charge in [-0.2, -0.15) is 4.31 Å². The minimum Gasteiger partial charge on any atom is -0.495 e.